The second kappa shape index (κ2) is 10.9. The highest BCUT2D eigenvalue weighted by Crippen LogP contribution is 2.63. The predicted octanol–water partition coefficient (Wildman–Crippen LogP) is 5.24. The summed E-state index contributed by atoms with van der Waals surface area (Å²) in [4.78, 5) is 15.4. The van der Waals surface area contributed by atoms with Gasteiger partial charge in [0.2, 0.25) is 10.0 Å². The van der Waals surface area contributed by atoms with E-state index in [-0.39, 0.29) is 34.8 Å². The van der Waals surface area contributed by atoms with Gasteiger partial charge in [-0.1, -0.05) is 12.1 Å². The Morgan fingerprint density at radius 2 is 1.92 bits per heavy atom. The summed E-state index contributed by atoms with van der Waals surface area (Å²) in [6.45, 7) is 2.99. The molecule has 1 N–H and O–H groups in total. The smallest absolute Gasteiger partial charge is 0.321 e. The standard InChI is InChI=1S/C29H34F2N4O3S/c1-2-39(37,38)34-12-9-20(10-13-34)19-35(28(36)33-24-6-7-26(30)27(31)16-24)25-8-11-29(17-23(29)15-25)22-5-3-4-21(14-22)18-32/h3-7,14,16,20,23,25H,2,8-13,15,17,19H2,1H3,(H,33,36)/t23?,25?,29-/m1/s1. The van der Waals surface area contributed by atoms with Crippen LogP contribution in [0.5, 0.6) is 0 Å². The Morgan fingerprint density at radius 1 is 1.15 bits per heavy atom. The van der Waals surface area contributed by atoms with Crippen molar-refractivity contribution in [1.82, 2.24) is 9.21 Å². The number of hydrogen-bond acceptors (Lipinski definition) is 4. The van der Waals surface area contributed by atoms with Crippen molar-refractivity contribution < 1.29 is 22.0 Å². The van der Waals surface area contributed by atoms with Crippen LogP contribution in [0.4, 0.5) is 19.3 Å². The molecule has 2 saturated carbocycles. The lowest BCUT2D eigenvalue weighted by atomic mass is 9.79. The van der Waals surface area contributed by atoms with Crippen molar-refractivity contribution in [1.29, 1.82) is 5.26 Å². The monoisotopic (exact) mass is 556 g/mol. The quantitative estimate of drug-likeness (QED) is 0.505. The Morgan fingerprint density at radius 3 is 2.59 bits per heavy atom. The molecule has 2 aliphatic carbocycles. The van der Waals surface area contributed by atoms with Crippen molar-refractivity contribution >= 4 is 21.7 Å². The number of anilines is 1. The summed E-state index contributed by atoms with van der Waals surface area (Å²) in [6.07, 6.45) is 4.86. The van der Waals surface area contributed by atoms with E-state index in [9.17, 15) is 27.3 Å². The highest BCUT2D eigenvalue weighted by atomic mass is 32.2. The number of amides is 2. The van der Waals surface area contributed by atoms with Crippen molar-refractivity contribution in [3.63, 3.8) is 0 Å². The van der Waals surface area contributed by atoms with Gasteiger partial charge in [-0.3, -0.25) is 0 Å². The maximum Gasteiger partial charge on any atom is 0.322 e. The normalized spacial score (nSPS) is 25.4. The number of halogens is 2. The highest BCUT2D eigenvalue weighted by molar-refractivity contribution is 7.89. The van der Waals surface area contributed by atoms with E-state index in [0.29, 0.717) is 44.0 Å². The van der Waals surface area contributed by atoms with Gasteiger partial charge in [-0.25, -0.2) is 26.3 Å². The van der Waals surface area contributed by atoms with Crippen LogP contribution in [0, 0.1) is 34.8 Å². The number of piperidine rings is 1. The number of fused-ring (bicyclic) bond motifs is 1. The maximum absolute atomic E-state index is 13.8. The van der Waals surface area contributed by atoms with Crippen molar-refractivity contribution in [3.8, 4) is 6.07 Å². The number of carbonyl (C=O) groups is 1. The molecule has 2 aromatic rings. The Kier molecular flexibility index (Phi) is 7.66. The van der Waals surface area contributed by atoms with Gasteiger partial charge < -0.3 is 10.2 Å². The summed E-state index contributed by atoms with van der Waals surface area (Å²) in [5.74, 6) is -1.38. The number of carbonyl (C=O) groups excluding carboxylic acids is 1. The predicted molar refractivity (Wildman–Crippen MR) is 144 cm³/mol. The molecule has 7 nitrogen and oxygen atoms in total. The second-order valence-electron chi connectivity index (χ2n) is 11.1. The van der Waals surface area contributed by atoms with Crippen LogP contribution in [0.15, 0.2) is 42.5 Å². The van der Waals surface area contributed by atoms with Gasteiger partial charge in [0.15, 0.2) is 11.6 Å². The number of benzene rings is 2. The van der Waals surface area contributed by atoms with Crippen LogP contribution < -0.4 is 5.32 Å². The van der Waals surface area contributed by atoms with E-state index in [1.54, 1.807) is 6.92 Å². The molecular formula is C29H34F2N4O3S. The minimum Gasteiger partial charge on any atom is -0.321 e. The number of nitrogens with zero attached hydrogens (tertiary/aromatic N) is 3. The molecule has 10 heteroatoms. The Labute approximate surface area is 228 Å². The van der Waals surface area contributed by atoms with Crippen molar-refractivity contribution in [2.75, 3.05) is 30.7 Å². The molecular weight excluding hydrogens is 522 g/mol. The first-order chi connectivity index (χ1) is 18.6. The van der Waals surface area contributed by atoms with E-state index in [4.69, 9.17) is 0 Å². The van der Waals surface area contributed by atoms with Gasteiger partial charge in [0.1, 0.15) is 0 Å². The molecule has 0 radical (unpaired) electrons. The minimum atomic E-state index is -3.24. The Balaban J connectivity index is 1.31. The summed E-state index contributed by atoms with van der Waals surface area (Å²) >= 11 is 0. The number of rotatable bonds is 7. The fraction of sp³-hybridized carbons (Fsp3) is 0.517. The third-order valence-corrected chi connectivity index (χ3v) is 10.8. The molecule has 0 bridgehead atoms. The largest absolute Gasteiger partial charge is 0.322 e. The lowest BCUT2D eigenvalue weighted by Gasteiger charge is -2.40. The summed E-state index contributed by atoms with van der Waals surface area (Å²) in [6, 6.07) is 13.0. The molecule has 0 spiro atoms. The lowest BCUT2D eigenvalue weighted by Crippen LogP contribution is -2.49. The van der Waals surface area contributed by atoms with Crippen LogP contribution in [0.1, 0.15) is 56.6 Å². The van der Waals surface area contributed by atoms with Gasteiger partial charge in [-0.2, -0.15) is 5.26 Å². The van der Waals surface area contributed by atoms with Gasteiger partial charge in [-0.05, 0) is 92.5 Å². The second-order valence-corrected chi connectivity index (χ2v) is 13.4. The van der Waals surface area contributed by atoms with Gasteiger partial charge in [0.25, 0.3) is 0 Å². The topological polar surface area (TPSA) is 93.5 Å². The number of nitriles is 1. The average molecular weight is 557 g/mol. The van der Waals surface area contributed by atoms with Crippen LogP contribution in [-0.4, -0.2) is 55.1 Å². The fourth-order valence-corrected chi connectivity index (χ4v) is 7.68. The van der Waals surface area contributed by atoms with Gasteiger partial charge in [-0.15, -0.1) is 0 Å². The first-order valence-electron chi connectivity index (χ1n) is 13.7. The molecule has 0 aromatic heterocycles. The summed E-state index contributed by atoms with van der Waals surface area (Å²) in [5.41, 5.74) is 2.08. The van der Waals surface area contributed by atoms with Crippen LogP contribution in [-0.2, 0) is 15.4 Å². The zero-order valence-electron chi connectivity index (χ0n) is 22.1. The van der Waals surface area contributed by atoms with Gasteiger partial charge in [0.05, 0.1) is 17.4 Å². The molecule has 39 heavy (non-hydrogen) atoms. The maximum atomic E-state index is 13.8. The Hall–Kier alpha value is -3.03. The molecule has 1 saturated heterocycles. The van der Waals surface area contributed by atoms with Crippen molar-refractivity contribution in [2.45, 2.75) is 56.9 Å². The molecule has 3 aliphatic rings. The zero-order valence-corrected chi connectivity index (χ0v) is 22.9. The van der Waals surface area contributed by atoms with Crippen molar-refractivity contribution in [3.05, 3.63) is 65.2 Å². The first-order valence-corrected chi connectivity index (χ1v) is 15.3. The number of sulfonamides is 1. The van der Waals surface area contributed by atoms with E-state index < -0.39 is 21.7 Å². The molecule has 2 unspecified atom stereocenters. The number of nitrogens with one attached hydrogen (secondary N) is 1. The molecule has 1 heterocycles. The van der Waals surface area contributed by atoms with Crippen LogP contribution in [0.2, 0.25) is 0 Å². The van der Waals surface area contributed by atoms with Crippen molar-refractivity contribution in [2.24, 2.45) is 11.8 Å². The third-order valence-electron chi connectivity index (χ3n) is 8.94. The molecule has 2 amide bonds. The third kappa shape index (κ3) is 5.66. The summed E-state index contributed by atoms with van der Waals surface area (Å²) < 4.78 is 53.4. The number of hydrogen-bond donors (Lipinski definition) is 1. The van der Waals surface area contributed by atoms with E-state index in [2.05, 4.69) is 17.5 Å². The van der Waals surface area contributed by atoms with E-state index >= 15 is 0 Å². The van der Waals surface area contributed by atoms with Crippen LogP contribution in [0.25, 0.3) is 0 Å². The van der Waals surface area contributed by atoms with E-state index in [0.717, 1.165) is 37.8 Å². The number of urea groups is 1. The van der Waals surface area contributed by atoms with E-state index in [1.807, 2.05) is 23.1 Å². The highest BCUT2D eigenvalue weighted by Gasteiger charge is 2.58. The van der Waals surface area contributed by atoms with E-state index in [1.165, 1.54) is 15.9 Å². The van der Waals surface area contributed by atoms with Gasteiger partial charge in [0, 0.05) is 37.4 Å². The first kappa shape index (κ1) is 27.5. The molecule has 208 valence electrons. The van der Waals surface area contributed by atoms with Gasteiger partial charge >= 0.3 is 6.03 Å². The minimum absolute atomic E-state index is 0.0209. The molecule has 1 aliphatic heterocycles. The Bertz CT molecular complexity index is 1390. The van der Waals surface area contributed by atoms with Crippen LogP contribution in [0.3, 0.4) is 0 Å². The zero-order chi connectivity index (χ0) is 27.8. The average Bonchev–Trinajstić information content (AvgIpc) is 3.69. The fourth-order valence-electron chi connectivity index (χ4n) is 6.54. The van der Waals surface area contributed by atoms with Crippen LogP contribution >= 0.6 is 0 Å². The molecule has 3 fully saturated rings. The molecule has 5 rings (SSSR count). The molecule has 2 aromatic carbocycles. The SMILES string of the molecule is CCS(=O)(=O)N1CCC(CN(C(=O)Nc2ccc(F)c(F)c2)C2CC[C@]3(c4cccc(C#N)c4)CC3C2)CC1. The summed E-state index contributed by atoms with van der Waals surface area (Å²) in [5, 5.41) is 12.1. The summed E-state index contributed by atoms with van der Waals surface area (Å²) in [7, 11) is -3.24. The lowest BCUT2D eigenvalue weighted by molar-refractivity contribution is 0.132. The molecule has 3 atom stereocenters.